The number of nitrogens with one attached hydrogen (secondary N) is 1. The lowest BCUT2D eigenvalue weighted by atomic mass is 10.1. The predicted molar refractivity (Wildman–Crippen MR) is 100 cm³/mol. The minimum Gasteiger partial charge on any atom is -0.330 e. The van der Waals surface area contributed by atoms with E-state index in [1.165, 1.54) is 4.31 Å². The fourth-order valence-electron chi connectivity index (χ4n) is 2.68. The summed E-state index contributed by atoms with van der Waals surface area (Å²) in [5.41, 5.74) is 6.68. The molecule has 1 aromatic rings. The number of halogens is 1. The first-order valence-corrected chi connectivity index (χ1v) is 9.74. The van der Waals surface area contributed by atoms with E-state index in [0.717, 1.165) is 25.7 Å². The number of unbranched alkanes of at least 4 members (excludes halogenated alkanes) is 3. The number of nitrogens with zero attached hydrogens (tertiary/aromatic N) is 1. The monoisotopic (exact) mass is 375 g/mol. The Morgan fingerprint density at radius 3 is 2.62 bits per heavy atom. The van der Waals surface area contributed by atoms with Gasteiger partial charge in [0.1, 0.15) is 0 Å². The maximum absolute atomic E-state index is 12.0. The third kappa shape index (κ3) is 5.96. The number of nitrogens with two attached hydrogens (primary N) is 1. The van der Waals surface area contributed by atoms with Crippen LogP contribution in [0.5, 0.6) is 0 Å². The summed E-state index contributed by atoms with van der Waals surface area (Å²) < 4.78 is 25.3. The third-order valence-corrected chi connectivity index (χ3v) is 5.74. The SMILES string of the molecule is Cl.NCCCCCCC(=O)Nc1cccc(N2CCCS2(=O)=O)c1. The molecule has 1 aliphatic rings. The van der Waals surface area contributed by atoms with Crippen molar-refractivity contribution in [2.24, 2.45) is 5.73 Å². The summed E-state index contributed by atoms with van der Waals surface area (Å²) in [6, 6.07) is 7.01. The Hall–Kier alpha value is -1.31. The van der Waals surface area contributed by atoms with Crippen LogP contribution in [0.15, 0.2) is 24.3 Å². The summed E-state index contributed by atoms with van der Waals surface area (Å²) in [7, 11) is -3.20. The van der Waals surface area contributed by atoms with Crippen LogP contribution in [-0.2, 0) is 14.8 Å². The molecule has 8 heteroatoms. The smallest absolute Gasteiger partial charge is 0.235 e. The zero-order chi connectivity index (χ0) is 16.7. The Kier molecular flexibility index (Phi) is 8.52. The average Bonchev–Trinajstić information content (AvgIpc) is 2.87. The van der Waals surface area contributed by atoms with Crippen molar-refractivity contribution in [1.29, 1.82) is 0 Å². The molecule has 1 heterocycles. The molecule has 1 aromatic carbocycles. The molecule has 136 valence electrons. The number of carbonyl (C=O) groups is 1. The maximum atomic E-state index is 12.0. The molecule has 0 bridgehead atoms. The number of sulfonamides is 1. The molecule has 0 atom stereocenters. The largest absolute Gasteiger partial charge is 0.330 e. The Morgan fingerprint density at radius 2 is 1.96 bits per heavy atom. The zero-order valence-corrected chi connectivity index (χ0v) is 15.4. The second kappa shape index (κ2) is 9.86. The number of rotatable bonds is 8. The van der Waals surface area contributed by atoms with Gasteiger partial charge in [0.15, 0.2) is 0 Å². The van der Waals surface area contributed by atoms with E-state index >= 15 is 0 Å². The van der Waals surface area contributed by atoms with Crippen LogP contribution in [-0.4, -0.2) is 33.2 Å². The molecule has 1 aliphatic heterocycles. The van der Waals surface area contributed by atoms with Gasteiger partial charge in [0, 0.05) is 18.7 Å². The van der Waals surface area contributed by atoms with E-state index in [1.54, 1.807) is 24.3 Å². The summed E-state index contributed by atoms with van der Waals surface area (Å²) in [4.78, 5) is 11.9. The molecule has 0 saturated carbocycles. The van der Waals surface area contributed by atoms with Crippen molar-refractivity contribution in [1.82, 2.24) is 0 Å². The van der Waals surface area contributed by atoms with E-state index in [0.29, 0.717) is 37.3 Å². The number of anilines is 2. The van der Waals surface area contributed by atoms with Crippen LogP contribution in [0.3, 0.4) is 0 Å². The van der Waals surface area contributed by atoms with Crippen molar-refractivity contribution in [3.8, 4) is 0 Å². The molecule has 0 radical (unpaired) electrons. The van der Waals surface area contributed by atoms with Crippen LogP contribution in [0, 0.1) is 0 Å². The van der Waals surface area contributed by atoms with Gasteiger partial charge in [0.05, 0.1) is 11.4 Å². The van der Waals surface area contributed by atoms with E-state index in [9.17, 15) is 13.2 Å². The summed E-state index contributed by atoms with van der Waals surface area (Å²) >= 11 is 0. The van der Waals surface area contributed by atoms with Crippen LogP contribution in [0.2, 0.25) is 0 Å². The third-order valence-electron chi connectivity index (χ3n) is 3.88. The number of carbonyl (C=O) groups excluding carboxylic acids is 1. The van der Waals surface area contributed by atoms with Crippen LogP contribution >= 0.6 is 12.4 Å². The quantitative estimate of drug-likeness (QED) is 0.683. The number of hydrogen-bond donors (Lipinski definition) is 2. The highest BCUT2D eigenvalue weighted by molar-refractivity contribution is 7.93. The van der Waals surface area contributed by atoms with Crippen molar-refractivity contribution in [2.45, 2.75) is 38.5 Å². The molecule has 0 aliphatic carbocycles. The van der Waals surface area contributed by atoms with E-state index in [1.807, 2.05) is 0 Å². The highest BCUT2D eigenvalue weighted by Crippen LogP contribution is 2.26. The van der Waals surface area contributed by atoms with Gasteiger partial charge in [-0.3, -0.25) is 9.10 Å². The average molecular weight is 376 g/mol. The summed E-state index contributed by atoms with van der Waals surface area (Å²) in [6.45, 7) is 1.19. The van der Waals surface area contributed by atoms with E-state index in [4.69, 9.17) is 5.73 Å². The van der Waals surface area contributed by atoms with Gasteiger partial charge >= 0.3 is 0 Å². The molecular weight excluding hydrogens is 350 g/mol. The van der Waals surface area contributed by atoms with Gasteiger partial charge in [-0.15, -0.1) is 12.4 Å². The zero-order valence-electron chi connectivity index (χ0n) is 13.7. The van der Waals surface area contributed by atoms with Crippen molar-refractivity contribution in [3.63, 3.8) is 0 Å². The van der Waals surface area contributed by atoms with Crippen molar-refractivity contribution in [2.75, 3.05) is 28.5 Å². The van der Waals surface area contributed by atoms with Gasteiger partial charge in [0.2, 0.25) is 15.9 Å². The second-order valence-electron chi connectivity index (χ2n) is 5.79. The van der Waals surface area contributed by atoms with E-state index in [-0.39, 0.29) is 24.1 Å². The molecule has 3 N–H and O–H groups in total. The van der Waals surface area contributed by atoms with Gasteiger partial charge in [-0.25, -0.2) is 8.42 Å². The first-order valence-electron chi connectivity index (χ1n) is 8.13. The minimum absolute atomic E-state index is 0. The van der Waals surface area contributed by atoms with Crippen molar-refractivity contribution < 1.29 is 13.2 Å². The molecule has 0 spiro atoms. The Balaban J connectivity index is 0.00000288. The first-order chi connectivity index (χ1) is 11.0. The van der Waals surface area contributed by atoms with Gasteiger partial charge < -0.3 is 11.1 Å². The molecule has 1 amide bonds. The normalized spacial score (nSPS) is 15.8. The fourth-order valence-corrected chi connectivity index (χ4v) is 4.23. The van der Waals surface area contributed by atoms with Gasteiger partial charge in [-0.2, -0.15) is 0 Å². The first kappa shape index (κ1) is 20.7. The fraction of sp³-hybridized carbons (Fsp3) is 0.562. The highest BCUT2D eigenvalue weighted by atomic mass is 35.5. The maximum Gasteiger partial charge on any atom is 0.235 e. The summed E-state index contributed by atoms with van der Waals surface area (Å²) in [5.74, 6) is 0.144. The van der Waals surface area contributed by atoms with E-state index in [2.05, 4.69) is 5.32 Å². The molecule has 2 rings (SSSR count). The lowest BCUT2D eigenvalue weighted by Crippen LogP contribution is -2.25. The minimum atomic E-state index is -3.20. The standard InChI is InChI=1S/C16H25N3O3S.ClH/c17-10-4-2-1-3-9-16(20)18-14-7-5-8-15(13-14)19-11-6-12-23(19,21)22;/h5,7-8,13H,1-4,6,9-12,17H2,(H,18,20);1H. The number of amides is 1. The molecule has 24 heavy (non-hydrogen) atoms. The lowest BCUT2D eigenvalue weighted by Gasteiger charge is -2.17. The number of hydrogen-bond acceptors (Lipinski definition) is 4. The van der Waals surface area contributed by atoms with E-state index < -0.39 is 10.0 Å². The van der Waals surface area contributed by atoms with Crippen LogP contribution in [0.4, 0.5) is 11.4 Å². The highest BCUT2D eigenvalue weighted by Gasteiger charge is 2.28. The Labute approximate surface area is 150 Å². The van der Waals surface area contributed by atoms with Crippen molar-refractivity contribution >= 4 is 39.7 Å². The Bertz CT molecular complexity index is 637. The molecule has 1 fully saturated rings. The molecule has 1 saturated heterocycles. The second-order valence-corrected chi connectivity index (χ2v) is 7.81. The molecule has 0 aromatic heterocycles. The van der Waals surface area contributed by atoms with Crippen LogP contribution < -0.4 is 15.4 Å². The molecule has 6 nitrogen and oxygen atoms in total. The van der Waals surface area contributed by atoms with Gasteiger partial charge in [0.25, 0.3) is 0 Å². The summed E-state index contributed by atoms with van der Waals surface area (Å²) in [5, 5.41) is 2.84. The van der Waals surface area contributed by atoms with Crippen molar-refractivity contribution in [3.05, 3.63) is 24.3 Å². The lowest BCUT2D eigenvalue weighted by molar-refractivity contribution is -0.116. The van der Waals surface area contributed by atoms with Gasteiger partial charge in [-0.05, 0) is 44.0 Å². The van der Waals surface area contributed by atoms with Crippen LogP contribution in [0.25, 0.3) is 0 Å². The molecule has 0 unspecified atom stereocenters. The predicted octanol–water partition coefficient (Wildman–Crippen LogP) is 2.50. The molecular formula is C16H26ClN3O3S. The Morgan fingerprint density at radius 1 is 1.21 bits per heavy atom. The summed E-state index contributed by atoms with van der Waals surface area (Å²) in [6.07, 6.45) is 4.99. The van der Waals surface area contributed by atoms with Gasteiger partial charge in [-0.1, -0.05) is 18.9 Å². The topological polar surface area (TPSA) is 92.5 Å². The number of benzene rings is 1. The van der Waals surface area contributed by atoms with Crippen LogP contribution in [0.1, 0.15) is 38.5 Å².